The molecule has 1 aliphatic carbocycles. The Labute approximate surface area is 147 Å². The molecule has 1 aliphatic rings. The molecule has 0 saturated carbocycles. The van der Waals surface area contributed by atoms with Gasteiger partial charge in [-0.15, -0.1) is 0 Å². The summed E-state index contributed by atoms with van der Waals surface area (Å²) >= 11 is 0. The van der Waals surface area contributed by atoms with Crippen molar-refractivity contribution in [2.75, 3.05) is 12.3 Å². The van der Waals surface area contributed by atoms with Crippen LogP contribution in [0.25, 0.3) is 0 Å². The highest BCUT2D eigenvalue weighted by Gasteiger charge is 2.43. The van der Waals surface area contributed by atoms with Gasteiger partial charge >= 0.3 is 6.09 Å². The van der Waals surface area contributed by atoms with E-state index in [1.165, 1.54) is 4.90 Å². The van der Waals surface area contributed by atoms with E-state index in [9.17, 15) is 14.1 Å². The van der Waals surface area contributed by atoms with Crippen LogP contribution in [0.5, 0.6) is 0 Å². The van der Waals surface area contributed by atoms with Crippen molar-refractivity contribution in [3.05, 3.63) is 35.4 Å². The van der Waals surface area contributed by atoms with E-state index in [-0.39, 0.29) is 12.0 Å². The number of nitrogens with one attached hydrogen (secondary N) is 1. The Morgan fingerprint density at radius 2 is 2.04 bits per heavy atom. The zero-order chi connectivity index (χ0) is 17.9. The van der Waals surface area contributed by atoms with Gasteiger partial charge in [-0.05, 0) is 44.7 Å². The normalized spacial score (nSPS) is 21.3. The van der Waals surface area contributed by atoms with Gasteiger partial charge < -0.3 is 5.11 Å². The molecule has 0 aromatic heterocycles. The van der Waals surface area contributed by atoms with Gasteiger partial charge in [0.15, 0.2) is 0 Å². The number of amides is 1. The molecule has 1 amide bonds. The first-order valence-electron chi connectivity index (χ1n) is 8.47. The number of hydrogen-bond acceptors (Lipinski definition) is 2. The average molecular weight is 353 g/mol. The zero-order valence-electron chi connectivity index (χ0n) is 14.9. The van der Waals surface area contributed by atoms with Crippen molar-refractivity contribution >= 4 is 17.1 Å². The van der Waals surface area contributed by atoms with Crippen LogP contribution in [0.1, 0.15) is 51.2 Å². The van der Waals surface area contributed by atoms with Crippen LogP contribution >= 0.6 is 0 Å². The molecule has 24 heavy (non-hydrogen) atoms. The lowest BCUT2D eigenvalue weighted by atomic mass is 9.95. The Balaban J connectivity index is 2.32. The highest BCUT2D eigenvalue weighted by Crippen LogP contribution is 2.39. The molecule has 0 bridgehead atoms. The topological polar surface area (TPSA) is 69.6 Å². The molecule has 6 heteroatoms. The van der Waals surface area contributed by atoms with E-state index in [1.807, 2.05) is 52.0 Å². The fourth-order valence-corrected chi connectivity index (χ4v) is 4.77. The minimum atomic E-state index is -1.16. The van der Waals surface area contributed by atoms with Gasteiger partial charge in [0.2, 0.25) is 0 Å². The highest BCUT2D eigenvalue weighted by atomic mass is 32.2. The Morgan fingerprint density at radius 1 is 1.38 bits per heavy atom. The Kier molecular flexibility index (Phi) is 6.04. The van der Waals surface area contributed by atoms with Crippen molar-refractivity contribution < 1.29 is 14.1 Å². The van der Waals surface area contributed by atoms with Gasteiger partial charge in [0, 0.05) is 29.8 Å². The summed E-state index contributed by atoms with van der Waals surface area (Å²) in [6.07, 6.45) is 0.673. The Hall–Kier alpha value is -1.40. The van der Waals surface area contributed by atoms with Gasteiger partial charge in [0.1, 0.15) is 0 Å². The van der Waals surface area contributed by atoms with Crippen LogP contribution in [-0.4, -0.2) is 44.2 Å². The first-order chi connectivity index (χ1) is 11.3. The van der Waals surface area contributed by atoms with E-state index in [0.29, 0.717) is 18.7 Å². The average Bonchev–Trinajstić information content (AvgIpc) is 2.81. The summed E-state index contributed by atoms with van der Waals surface area (Å²) < 4.78 is 15.4. The number of nitrogens with zero attached hydrogens (tertiary/aromatic N) is 1. The molecule has 134 valence electrons. The van der Waals surface area contributed by atoms with E-state index >= 15 is 0 Å². The SMILES string of the molecule is CCCNS(=O)C[C@H]1c2ccccc2C[C@H]1N(C(=O)O)C(C)(C)C. The van der Waals surface area contributed by atoms with Crippen LogP contribution < -0.4 is 4.72 Å². The molecular weight excluding hydrogens is 324 g/mol. The molecule has 2 N–H and O–H groups in total. The molecule has 3 atom stereocenters. The third-order valence-corrected chi connectivity index (χ3v) is 5.64. The van der Waals surface area contributed by atoms with Crippen LogP contribution in [0.3, 0.4) is 0 Å². The predicted octanol–water partition coefficient (Wildman–Crippen LogP) is 3.14. The molecule has 5 nitrogen and oxygen atoms in total. The van der Waals surface area contributed by atoms with Crippen LogP contribution in [0, 0.1) is 0 Å². The lowest BCUT2D eigenvalue weighted by Crippen LogP contribution is -2.53. The third kappa shape index (κ3) is 4.16. The zero-order valence-corrected chi connectivity index (χ0v) is 15.7. The van der Waals surface area contributed by atoms with Gasteiger partial charge in [-0.1, -0.05) is 31.2 Å². The number of carbonyl (C=O) groups is 1. The summed E-state index contributed by atoms with van der Waals surface area (Å²) in [5.41, 5.74) is 1.79. The molecule has 0 saturated heterocycles. The molecule has 0 aliphatic heterocycles. The molecular formula is C18H28N2O3S. The lowest BCUT2D eigenvalue weighted by Gasteiger charge is -2.40. The number of rotatable bonds is 6. The number of carboxylic acid groups (broad SMARTS) is 1. The first-order valence-corrected chi connectivity index (χ1v) is 9.79. The fourth-order valence-electron chi connectivity index (χ4n) is 3.49. The smallest absolute Gasteiger partial charge is 0.408 e. The predicted molar refractivity (Wildman–Crippen MR) is 97.6 cm³/mol. The molecule has 0 heterocycles. The highest BCUT2D eigenvalue weighted by molar-refractivity contribution is 7.83. The summed E-state index contributed by atoms with van der Waals surface area (Å²) in [6.45, 7) is 8.46. The van der Waals surface area contributed by atoms with Gasteiger partial charge in [-0.3, -0.25) is 4.90 Å². The molecule has 2 rings (SSSR count). The summed E-state index contributed by atoms with van der Waals surface area (Å²) in [6, 6.07) is 7.85. The van der Waals surface area contributed by atoms with Gasteiger partial charge in [0.25, 0.3) is 0 Å². The van der Waals surface area contributed by atoms with Crippen LogP contribution in [0.4, 0.5) is 4.79 Å². The molecule has 1 aromatic rings. The first kappa shape index (κ1) is 18.9. The summed E-state index contributed by atoms with van der Waals surface area (Å²) in [7, 11) is -1.16. The van der Waals surface area contributed by atoms with Gasteiger partial charge in [-0.25, -0.2) is 13.7 Å². The van der Waals surface area contributed by atoms with E-state index in [1.54, 1.807) is 0 Å². The van der Waals surface area contributed by atoms with Crippen molar-refractivity contribution in [2.45, 2.75) is 58.0 Å². The van der Waals surface area contributed by atoms with E-state index in [4.69, 9.17) is 0 Å². The molecule has 1 unspecified atom stereocenters. The van der Waals surface area contributed by atoms with Crippen LogP contribution in [0.15, 0.2) is 24.3 Å². The second kappa shape index (κ2) is 7.66. The maximum absolute atomic E-state index is 12.4. The van der Waals surface area contributed by atoms with E-state index < -0.39 is 22.6 Å². The van der Waals surface area contributed by atoms with Crippen molar-refractivity contribution in [2.24, 2.45) is 0 Å². The minimum absolute atomic E-state index is 0.0540. The quantitative estimate of drug-likeness (QED) is 0.826. The van der Waals surface area contributed by atoms with Crippen molar-refractivity contribution in [1.82, 2.24) is 9.62 Å². The molecule has 0 radical (unpaired) electrons. The number of benzene rings is 1. The summed E-state index contributed by atoms with van der Waals surface area (Å²) in [5.74, 6) is 0.378. The van der Waals surface area contributed by atoms with Crippen LogP contribution in [-0.2, 0) is 17.4 Å². The molecule has 0 spiro atoms. The van der Waals surface area contributed by atoms with Crippen molar-refractivity contribution in [3.63, 3.8) is 0 Å². The van der Waals surface area contributed by atoms with E-state index in [0.717, 1.165) is 17.5 Å². The Bertz CT molecular complexity index is 613. The summed E-state index contributed by atoms with van der Waals surface area (Å²) in [5, 5.41) is 9.78. The van der Waals surface area contributed by atoms with Crippen molar-refractivity contribution in [3.8, 4) is 0 Å². The second-order valence-corrected chi connectivity index (χ2v) is 8.62. The summed E-state index contributed by atoms with van der Waals surface area (Å²) in [4.78, 5) is 13.5. The van der Waals surface area contributed by atoms with Gasteiger partial charge in [0.05, 0.1) is 11.0 Å². The molecule has 0 fully saturated rings. The standard InChI is InChI=1S/C18H28N2O3S/c1-5-10-19-24(23)12-15-14-9-7-6-8-13(14)11-16(15)20(17(21)22)18(2,3)4/h6-9,15-16,19H,5,10-12H2,1-4H3,(H,21,22)/t15-,16+,24?/m0/s1. The largest absolute Gasteiger partial charge is 0.465 e. The minimum Gasteiger partial charge on any atom is -0.465 e. The van der Waals surface area contributed by atoms with Crippen molar-refractivity contribution in [1.29, 1.82) is 0 Å². The number of fused-ring (bicyclic) bond motifs is 1. The van der Waals surface area contributed by atoms with E-state index in [2.05, 4.69) is 4.72 Å². The third-order valence-electron chi connectivity index (χ3n) is 4.45. The maximum Gasteiger partial charge on any atom is 0.408 e. The monoisotopic (exact) mass is 352 g/mol. The number of hydrogen-bond donors (Lipinski definition) is 2. The van der Waals surface area contributed by atoms with Gasteiger partial charge in [-0.2, -0.15) is 0 Å². The Morgan fingerprint density at radius 3 is 2.62 bits per heavy atom. The fraction of sp³-hybridized carbons (Fsp3) is 0.611. The van der Waals surface area contributed by atoms with Crippen LogP contribution in [0.2, 0.25) is 0 Å². The second-order valence-electron chi connectivity index (χ2n) is 7.31. The maximum atomic E-state index is 12.4. The molecule has 1 aromatic carbocycles. The lowest BCUT2D eigenvalue weighted by molar-refractivity contribution is 0.0666.